The maximum Gasteiger partial charge on any atom is 0.391 e. The van der Waals surface area contributed by atoms with Crippen molar-refractivity contribution in [3.63, 3.8) is 0 Å². The SMILES string of the molecule is CCOC(=O)C(C)(Cl)SP(=O)(OCC)OCC. The molecule has 0 aromatic heterocycles. The zero-order valence-electron chi connectivity index (χ0n) is 10.4. The van der Waals surface area contributed by atoms with Gasteiger partial charge in [0.2, 0.25) is 0 Å². The van der Waals surface area contributed by atoms with Crippen LogP contribution in [0.4, 0.5) is 0 Å². The van der Waals surface area contributed by atoms with Crippen LogP contribution >= 0.6 is 29.8 Å². The Kier molecular flexibility index (Phi) is 7.76. The Balaban J connectivity index is 4.73. The van der Waals surface area contributed by atoms with Crippen LogP contribution < -0.4 is 0 Å². The van der Waals surface area contributed by atoms with Gasteiger partial charge in [-0.3, -0.25) is 0 Å². The molecule has 0 N–H and O–H groups in total. The van der Waals surface area contributed by atoms with E-state index in [1.54, 1.807) is 20.8 Å². The average molecular weight is 305 g/mol. The summed E-state index contributed by atoms with van der Waals surface area (Å²) in [6.07, 6.45) is 0. The molecule has 1 atom stereocenters. The van der Waals surface area contributed by atoms with Crippen molar-refractivity contribution >= 4 is 35.7 Å². The van der Waals surface area contributed by atoms with Gasteiger partial charge in [-0.2, -0.15) is 0 Å². The predicted molar refractivity (Wildman–Crippen MR) is 69.3 cm³/mol. The molecule has 0 fully saturated rings. The number of rotatable bonds is 8. The van der Waals surface area contributed by atoms with Gasteiger partial charge in [0.1, 0.15) is 0 Å². The minimum absolute atomic E-state index is 0.204. The second-order valence-corrected chi connectivity index (χ2v) is 8.29. The van der Waals surface area contributed by atoms with Crippen molar-refractivity contribution in [1.82, 2.24) is 0 Å². The van der Waals surface area contributed by atoms with E-state index < -0.39 is 17.0 Å². The summed E-state index contributed by atoms with van der Waals surface area (Å²) in [5, 5.41) is 0. The summed E-state index contributed by atoms with van der Waals surface area (Å²) < 4.78 is 25.5. The molecular weight excluding hydrogens is 287 g/mol. The summed E-state index contributed by atoms with van der Waals surface area (Å²) in [5.74, 6) is -0.661. The van der Waals surface area contributed by atoms with Crippen molar-refractivity contribution in [3.05, 3.63) is 0 Å². The highest BCUT2D eigenvalue weighted by atomic mass is 35.5. The van der Waals surface area contributed by atoms with Crippen molar-refractivity contribution < 1.29 is 23.1 Å². The Hall–Kier alpha value is 0.260. The smallest absolute Gasteiger partial charge is 0.391 e. The van der Waals surface area contributed by atoms with E-state index in [1.165, 1.54) is 6.92 Å². The third-order valence-corrected chi connectivity index (χ3v) is 6.49. The minimum Gasteiger partial charge on any atom is -0.464 e. The number of esters is 1. The van der Waals surface area contributed by atoms with Crippen LogP contribution in [0.2, 0.25) is 0 Å². The van der Waals surface area contributed by atoms with Gasteiger partial charge in [-0.25, -0.2) is 9.36 Å². The van der Waals surface area contributed by atoms with Crippen molar-refractivity contribution in [3.8, 4) is 0 Å². The molecule has 0 aliphatic carbocycles. The number of carbonyl (C=O) groups excluding carboxylic acids is 1. The van der Waals surface area contributed by atoms with Crippen molar-refractivity contribution in [2.45, 2.75) is 31.9 Å². The number of hydrogen-bond acceptors (Lipinski definition) is 6. The summed E-state index contributed by atoms with van der Waals surface area (Å²) in [6, 6.07) is 0. The third-order valence-electron chi connectivity index (χ3n) is 1.50. The van der Waals surface area contributed by atoms with E-state index in [9.17, 15) is 9.36 Å². The number of halogens is 1. The molecule has 8 heteroatoms. The maximum atomic E-state index is 12.2. The third kappa shape index (κ3) is 6.11. The molecule has 0 aliphatic heterocycles. The van der Waals surface area contributed by atoms with Gasteiger partial charge in [0, 0.05) is 0 Å². The zero-order valence-corrected chi connectivity index (χ0v) is 12.9. The molecular formula is C9H18ClO5PS. The molecule has 0 radical (unpaired) electrons. The largest absolute Gasteiger partial charge is 0.464 e. The van der Waals surface area contributed by atoms with E-state index in [0.29, 0.717) is 11.4 Å². The van der Waals surface area contributed by atoms with Crippen LogP contribution in [0.5, 0.6) is 0 Å². The highest BCUT2D eigenvalue weighted by Crippen LogP contribution is 2.66. The molecule has 1 unspecified atom stereocenters. The first kappa shape index (κ1) is 17.3. The average Bonchev–Trinajstić information content (AvgIpc) is 2.17. The maximum absolute atomic E-state index is 12.2. The predicted octanol–water partition coefficient (Wildman–Crippen LogP) is 3.42. The molecule has 0 rings (SSSR count). The van der Waals surface area contributed by atoms with E-state index in [0.717, 1.165) is 0 Å². The van der Waals surface area contributed by atoms with Gasteiger partial charge in [-0.15, -0.1) is 0 Å². The van der Waals surface area contributed by atoms with Crippen LogP contribution in [0.3, 0.4) is 0 Å². The lowest BCUT2D eigenvalue weighted by Gasteiger charge is -2.24. The molecule has 0 bridgehead atoms. The molecule has 0 aliphatic rings. The molecule has 0 heterocycles. The monoisotopic (exact) mass is 304 g/mol. The Labute approximate surface area is 111 Å². The summed E-state index contributed by atoms with van der Waals surface area (Å²) in [7, 11) is 0. The molecule has 102 valence electrons. The molecule has 0 saturated heterocycles. The highest BCUT2D eigenvalue weighted by Gasteiger charge is 2.43. The number of alkyl halides is 1. The summed E-state index contributed by atoms with van der Waals surface area (Å²) in [4.78, 5) is 11.5. The Bertz CT molecular complexity index is 287. The fraction of sp³-hybridized carbons (Fsp3) is 0.889. The fourth-order valence-corrected chi connectivity index (χ4v) is 5.53. The number of hydrogen-bond donors (Lipinski definition) is 0. The molecule has 0 amide bonds. The van der Waals surface area contributed by atoms with Crippen LogP contribution in [-0.4, -0.2) is 30.0 Å². The van der Waals surface area contributed by atoms with E-state index >= 15 is 0 Å². The van der Waals surface area contributed by atoms with E-state index in [4.69, 9.17) is 25.4 Å². The van der Waals surface area contributed by atoms with Crippen molar-refractivity contribution in [2.75, 3.05) is 19.8 Å². The summed E-state index contributed by atoms with van der Waals surface area (Å²) in [5.41, 5.74) is 0. The molecule has 0 spiro atoms. The summed E-state index contributed by atoms with van der Waals surface area (Å²) >= 11 is 6.63. The topological polar surface area (TPSA) is 61.8 Å². The van der Waals surface area contributed by atoms with E-state index in [2.05, 4.69) is 0 Å². The second-order valence-electron chi connectivity index (χ2n) is 3.01. The Morgan fingerprint density at radius 1 is 1.24 bits per heavy atom. The van der Waals surface area contributed by atoms with Gasteiger partial charge < -0.3 is 13.8 Å². The Morgan fingerprint density at radius 2 is 1.71 bits per heavy atom. The van der Waals surface area contributed by atoms with Gasteiger partial charge in [-0.1, -0.05) is 11.6 Å². The lowest BCUT2D eigenvalue weighted by atomic mass is 10.5. The van der Waals surface area contributed by atoms with Gasteiger partial charge in [0.25, 0.3) is 0 Å². The van der Waals surface area contributed by atoms with E-state index in [1.807, 2.05) is 0 Å². The van der Waals surface area contributed by atoms with Crippen molar-refractivity contribution in [2.24, 2.45) is 0 Å². The lowest BCUT2D eigenvalue weighted by molar-refractivity contribution is -0.143. The van der Waals surface area contributed by atoms with Crippen LogP contribution in [0, 0.1) is 0 Å². The van der Waals surface area contributed by atoms with Gasteiger partial charge in [0.15, 0.2) is 4.21 Å². The van der Waals surface area contributed by atoms with Crippen LogP contribution in [0.25, 0.3) is 0 Å². The Morgan fingerprint density at radius 3 is 2.06 bits per heavy atom. The second kappa shape index (κ2) is 7.64. The molecule has 17 heavy (non-hydrogen) atoms. The van der Waals surface area contributed by atoms with Gasteiger partial charge in [0.05, 0.1) is 19.8 Å². The van der Waals surface area contributed by atoms with Crippen molar-refractivity contribution in [1.29, 1.82) is 0 Å². The van der Waals surface area contributed by atoms with Crippen LogP contribution in [-0.2, 0) is 23.1 Å². The van der Waals surface area contributed by atoms with Gasteiger partial charge >= 0.3 is 12.8 Å². The first-order valence-corrected chi connectivity index (χ1v) is 8.61. The molecule has 0 aromatic carbocycles. The highest BCUT2D eigenvalue weighted by molar-refractivity contribution is 8.56. The van der Waals surface area contributed by atoms with Crippen LogP contribution in [0.1, 0.15) is 27.7 Å². The number of ether oxygens (including phenoxy) is 1. The van der Waals surface area contributed by atoms with Gasteiger partial charge in [-0.05, 0) is 39.1 Å². The normalized spacial score (nSPS) is 15.4. The van der Waals surface area contributed by atoms with E-state index in [-0.39, 0.29) is 19.8 Å². The lowest BCUT2D eigenvalue weighted by Crippen LogP contribution is -2.27. The first-order chi connectivity index (χ1) is 7.81. The standard InChI is InChI=1S/C9H18ClO5PS/c1-5-13-8(11)9(4,10)17-16(12,14-6-2)15-7-3/h5-7H2,1-4H3. The minimum atomic E-state index is -3.43. The summed E-state index contributed by atoms with van der Waals surface area (Å²) in [6.45, 7) is 3.62. The fourth-order valence-electron chi connectivity index (χ4n) is 0.913. The molecule has 0 saturated carbocycles. The molecule has 0 aromatic rings. The quantitative estimate of drug-likeness (QED) is 0.389. The molecule has 5 nitrogen and oxygen atoms in total. The van der Waals surface area contributed by atoms with Crippen LogP contribution in [0.15, 0.2) is 0 Å². The zero-order chi connectivity index (χ0) is 13.5. The number of carbonyl (C=O) groups is 1. The first-order valence-electron chi connectivity index (χ1n) is 5.27.